The number of fused-ring (bicyclic) bond motifs is 3. The molecule has 0 saturated heterocycles. The first-order chi connectivity index (χ1) is 12.9. The topological polar surface area (TPSA) is 71.6 Å². The smallest absolute Gasteiger partial charge is 0.255 e. The predicted octanol–water partition coefficient (Wildman–Crippen LogP) is 4.39. The van der Waals surface area contributed by atoms with Crippen LogP contribution in [-0.2, 0) is 5.41 Å². The van der Waals surface area contributed by atoms with E-state index in [0.717, 1.165) is 10.9 Å². The van der Waals surface area contributed by atoms with Gasteiger partial charge in [-0.3, -0.25) is 14.3 Å². The zero-order valence-corrected chi connectivity index (χ0v) is 15.5. The zero-order valence-electron chi connectivity index (χ0n) is 14.8. The summed E-state index contributed by atoms with van der Waals surface area (Å²) < 4.78 is 1.60. The normalized spacial score (nSPS) is 11.6. The van der Waals surface area contributed by atoms with E-state index in [1.165, 1.54) is 6.07 Å². The van der Waals surface area contributed by atoms with Gasteiger partial charge in [0.15, 0.2) is 0 Å². The van der Waals surface area contributed by atoms with E-state index in [0.29, 0.717) is 27.4 Å². The largest absolute Gasteiger partial charge is 0.275 e. The van der Waals surface area contributed by atoms with Crippen LogP contribution in [0.25, 0.3) is 27.6 Å². The van der Waals surface area contributed by atoms with Crippen LogP contribution < -0.4 is 5.56 Å². The number of hydrogen-bond donors (Lipinski definition) is 0. The highest BCUT2D eigenvalue weighted by Crippen LogP contribution is 2.27. The molecule has 1 aromatic carbocycles. The van der Waals surface area contributed by atoms with Gasteiger partial charge in [-0.1, -0.05) is 23.7 Å². The van der Waals surface area contributed by atoms with Crippen molar-refractivity contribution in [3.8, 4) is 11.8 Å². The summed E-state index contributed by atoms with van der Waals surface area (Å²) in [4.78, 5) is 21.5. The summed E-state index contributed by atoms with van der Waals surface area (Å²) in [6.07, 6.45) is 1.72. The van der Waals surface area contributed by atoms with Crippen LogP contribution in [0.4, 0.5) is 0 Å². The Balaban J connectivity index is 2.04. The lowest BCUT2D eigenvalue weighted by Gasteiger charge is -2.17. The summed E-state index contributed by atoms with van der Waals surface area (Å²) in [6, 6.07) is 16.4. The van der Waals surface area contributed by atoms with E-state index >= 15 is 0 Å². The number of pyridine rings is 3. The molecular formula is C21H15ClN4O. The molecule has 0 bridgehead atoms. The maximum atomic E-state index is 12.7. The third-order valence-electron chi connectivity index (χ3n) is 4.66. The lowest BCUT2D eigenvalue weighted by molar-refractivity contribution is 0.686. The number of halogens is 1. The van der Waals surface area contributed by atoms with Gasteiger partial charge in [-0.15, -0.1) is 0 Å². The number of hydrogen-bond acceptors (Lipinski definition) is 4. The van der Waals surface area contributed by atoms with Gasteiger partial charge in [0.05, 0.1) is 22.5 Å². The van der Waals surface area contributed by atoms with Gasteiger partial charge in [-0.05, 0) is 49.7 Å². The van der Waals surface area contributed by atoms with E-state index in [9.17, 15) is 10.1 Å². The monoisotopic (exact) mass is 374 g/mol. The Kier molecular flexibility index (Phi) is 3.94. The highest BCUT2D eigenvalue weighted by molar-refractivity contribution is 6.30. The summed E-state index contributed by atoms with van der Waals surface area (Å²) in [5, 5.41) is 10.5. The predicted molar refractivity (Wildman–Crippen MR) is 106 cm³/mol. The molecule has 0 aliphatic carbocycles. The first-order valence-corrected chi connectivity index (χ1v) is 8.78. The Morgan fingerprint density at radius 3 is 2.52 bits per heavy atom. The van der Waals surface area contributed by atoms with Gasteiger partial charge in [-0.2, -0.15) is 5.26 Å². The standard InChI is InChI=1S/C21H15ClN4O/c1-21(2,12-23)14-4-6-15(7-5-14)26-18(27)10-3-13-11-24-16-8-9-17(22)25-19(16)20(13)26/h3-11H,1-2H3. The van der Waals surface area contributed by atoms with Crippen LogP contribution in [0.15, 0.2) is 59.5 Å². The maximum absolute atomic E-state index is 12.7. The van der Waals surface area contributed by atoms with E-state index in [2.05, 4.69) is 16.0 Å². The molecule has 0 saturated carbocycles. The highest BCUT2D eigenvalue weighted by Gasteiger charge is 2.20. The number of benzene rings is 1. The van der Waals surface area contributed by atoms with Crippen LogP contribution in [0.1, 0.15) is 19.4 Å². The van der Waals surface area contributed by atoms with Gasteiger partial charge in [0.25, 0.3) is 5.56 Å². The number of nitriles is 1. The fourth-order valence-electron chi connectivity index (χ4n) is 3.09. The number of rotatable bonds is 2. The Hall–Kier alpha value is -3.23. The van der Waals surface area contributed by atoms with Gasteiger partial charge in [0, 0.05) is 23.3 Å². The number of aromatic nitrogens is 3. The minimum atomic E-state index is -0.603. The molecule has 5 nitrogen and oxygen atoms in total. The molecule has 4 rings (SSSR count). The van der Waals surface area contributed by atoms with Crippen LogP contribution in [0.3, 0.4) is 0 Å². The van der Waals surface area contributed by atoms with Crippen molar-refractivity contribution < 1.29 is 0 Å². The first kappa shape index (κ1) is 17.2. The van der Waals surface area contributed by atoms with Crippen molar-refractivity contribution in [2.75, 3.05) is 0 Å². The molecule has 4 aromatic rings. The highest BCUT2D eigenvalue weighted by atomic mass is 35.5. The molecular weight excluding hydrogens is 360 g/mol. The minimum absolute atomic E-state index is 0.177. The van der Waals surface area contributed by atoms with Crippen LogP contribution in [0.2, 0.25) is 5.15 Å². The van der Waals surface area contributed by atoms with Crippen molar-refractivity contribution in [1.29, 1.82) is 5.26 Å². The molecule has 0 fully saturated rings. The van der Waals surface area contributed by atoms with Crippen LogP contribution in [0, 0.1) is 11.3 Å². The Labute approximate surface area is 160 Å². The van der Waals surface area contributed by atoms with Gasteiger partial charge in [-0.25, -0.2) is 4.98 Å². The second-order valence-corrected chi connectivity index (χ2v) is 7.24. The molecule has 27 heavy (non-hydrogen) atoms. The third kappa shape index (κ3) is 2.84. The van der Waals surface area contributed by atoms with Gasteiger partial charge >= 0.3 is 0 Å². The molecule has 3 aromatic heterocycles. The lowest BCUT2D eigenvalue weighted by atomic mass is 9.86. The molecule has 0 amide bonds. The summed E-state index contributed by atoms with van der Waals surface area (Å²) >= 11 is 6.09. The molecule has 0 atom stereocenters. The summed E-state index contributed by atoms with van der Waals surface area (Å²) in [7, 11) is 0. The Bertz CT molecular complexity index is 1280. The minimum Gasteiger partial charge on any atom is -0.275 e. The molecule has 0 unspecified atom stereocenters. The summed E-state index contributed by atoms with van der Waals surface area (Å²) in [5.41, 5.74) is 2.68. The second-order valence-electron chi connectivity index (χ2n) is 6.85. The molecule has 0 spiro atoms. The fraction of sp³-hybridized carbons (Fsp3) is 0.143. The van der Waals surface area contributed by atoms with Crippen molar-refractivity contribution in [3.05, 3.63) is 75.8 Å². The Morgan fingerprint density at radius 1 is 1.07 bits per heavy atom. The van der Waals surface area contributed by atoms with Crippen molar-refractivity contribution in [1.82, 2.24) is 14.5 Å². The fourth-order valence-corrected chi connectivity index (χ4v) is 3.24. The van der Waals surface area contributed by atoms with Crippen molar-refractivity contribution in [2.45, 2.75) is 19.3 Å². The van der Waals surface area contributed by atoms with Crippen molar-refractivity contribution in [2.24, 2.45) is 0 Å². The molecule has 132 valence electrons. The third-order valence-corrected chi connectivity index (χ3v) is 4.87. The second kappa shape index (κ2) is 6.19. The van der Waals surface area contributed by atoms with Gasteiger partial charge in [0.1, 0.15) is 10.7 Å². The molecule has 0 radical (unpaired) electrons. The summed E-state index contributed by atoms with van der Waals surface area (Å²) in [5.74, 6) is 0. The van der Waals surface area contributed by atoms with Crippen LogP contribution in [-0.4, -0.2) is 14.5 Å². The van der Waals surface area contributed by atoms with Crippen LogP contribution in [0.5, 0.6) is 0 Å². The molecule has 0 aliphatic rings. The maximum Gasteiger partial charge on any atom is 0.255 e. The SMILES string of the molecule is CC(C)(C#N)c1ccc(-n2c(=O)ccc3cnc4ccc(Cl)nc4c32)cc1. The lowest BCUT2D eigenvalue weighted by Crippen LogP contribution is -2.19. The van der Waals surface area contributed by atoms with E-state index in [1.807, 2.05) is 38.1 Å². The van der Waals surface area contributed by atoms with E-state index in [-0.39, 0.29) is 5.56 Å². The molecule has 0 aliphatic heterocycles. The first-order valence-electron chi connectivity index (χ1n) is 8.40. The van der Waals surface area contributed by atoms with E-state index in [1.54, 1.807) is 29.0 Å². The van der Waals surface area contributed by atoms with E-state index < -0.39 is 5.41 Å². The van der Waals surface area contributed by atoms with E-state index in [4.69, 9.17) is 11.6 Å². The molecule has 6 heteroatoms. The average Bonchev–Trinajstić information content (AvgIpc) is 2.68. The quantitative estimate of drug-likeness (QED) is 0.385. The Morgan fingerprint density at radius 2 is 1.81 bits per heavy atom. The summed E-state index contributed by atoms with van der Waals surface area (Å²) in [6.45, 7) is 3.72. The van der Waals surface area contributed by atoms with Crippen LogP contribution >= 0.6 is 11.6 Å². The van der Waals surface area contributed by atoms with Crippen molar-refractivity contribution >= 4 is 33.5 Å². The molecule has 3 heterocycles. The van der Waals surface area contributed by atoms with Crippen molar-refractivity contribution in [3.63, 3.8) is 0 Å². The van der Waals surface area contributed by atoms with Gasteiger partial charge < -0.3 is 0 Å². The average molecular weight is 375 g/mol. The zero-order chi connectivity index (χ0) is 19.2. The number of nitrogens with zero attached hydrogens (tertiary/aromatic N) is 4. The molecule has 0 N–H and O–H groups in total. The van der Waals surface area contributed by atoms with Gasteiger partial charge in [0.2, 0.25) is 0 Å².